The number of halogens is 2. The molecule has 0 bridgehead atoms. The van der Waals surface area contributed by atoms with Gasteiger partial charge in [-0.25, -0.2) is 14.5 Å². The van der Waals surface area contributed by atoms with Crippen LogP contribution in [0.3, 0.4) is 0 Å². The third-order valence-corrected chi connectivity index (χ3v) is 3.77. The first-order chi connectivity index (χ1) is 10.5. The SMILES string of the molecule is O=C(Nc1cnn(-c2ncc(Cl)cc2Cl)c1)N1CCC(O)C1. The lowest BCUT2D eigenvalue weighted by Crippen LogP contribution is -2.33. The fourth-order valence-corrected chi connectivity index (χ4v) is 2.67. The topological polar surface area (TPSA) is 83.3 Å². The Bertz CT molecular complexity index is 705. The van der Waals surface area contributed by atoms with Crippen LogP contribution in [0.2, 0.25) is 10.0 Å². The minimum Gasteiger partial charge on any atom is -0.391 e. The second kappa shape index (κ2) is 6.12. The Hall–Kier alpha value is -1.83. The minimum atomic E-state index is -0.453. The standard InChI is InChI=1S/C13H13Cl2N5O2/c14-8-3-11(15)12(16-4-8)20-6-9(5-17-20)18-13(22)19-2-1-10(21)7-19/h3-6,10,21H,1-2,7H2,(H,18,22). The van der Waals surface area contributed by atoms with Crippen LogP contribution >= 0.6 is 23.2 Å². The number of aliphatic hydroxyl groups is 1. The molecular formula is C13H13Cl2N5O2. The number of amides is 2. The molecule has 3 rings (SSSR count). The normalized spacial score (nSPS) is 17.8. The first-order valence-electron chi connectivity index (χ1n) is 6.63. The number of aliphatic hydroxyl groups excluding tert-OH is 1. The Labute approximate surface area is 136 Å². The van der Waals surface area contributed by atoms with E-state index < -0.39 is 6.10 Å². The zero-order chi connectivity index (χ0) is 15.7. The van der Waals surface area contributed by atoms with E-state index in [0.29, 0.717) is 41.1 Å². The predicted octanol–water partition coefficient (Wildman–Crippen LogP) is 2.17. The molecule has 0 spiro atoms. The van der Waals surface area contributed by atoms with Gasteiger partial charge in [-0.3, -0.25) is 0 Å². The fraction of sp³-hybridized carbons (Fsp3) is 0.308. The van der Waals surface area contributed by atoms with Crippen LogP contribution in [0.4, 0.5) is 10.5 Å². The van der Waals surface area contributed by atoms with E-state index >= 15 is 0 Å². The number of β-amino-alcohol motifs (C(OH)–C–C–N with tert-alkyl or cyclic N) is 1. The van der Waals surface area contributed by atoms with Crippen LogP contribution in [0.1, 0.15) is 6.42 Å². The molecule has 0 aromatic carbocycles. The third kappa shape index (κ3) is 3.16. The van der Waals surface area contributed by atoms with Crippen molar-refractivity contribution in [2.24, 2.45) is 0 Å². The maximum Gasteiger partial charge on any atom is 0.322 e. The van der Waals surface area contributed by atoms with Gasteiger partial charge in [0, 0.05) is 19.3 Å². The van der Waals surface area contributed by atoms with Gasteiger partial charge in [0.2, 0.25) is 0 Å². The van der Waals surface area contributed by atoms with Gasteiger partial charge in [0.05, 0.1) is 34.2 Å². The van der Waals surface area contributed by atoms with Crippen LogP contribution in [-0.4, -0.2) is 50.0 Å². The number of urea groups is 1. The Balaban J connectivity index is 1.72. The summed E-state index contributed by atoms with van der Waals surface area (Å²) in [6.07, 6.45) is 4.71. The van der Waals surface area contributed by atoms with Gasteiger partial charge in [-0.05, 0) is 12.5 Å². The number of rotatable bonds is 2. The molecule has 1 saturated heterocycles. The number of likely N-dealkylation sites (tertiary alicyclic amines) is 1. The molecule has 3 heterocycles. The zero-order valence-corrected chi connectivity index (χ0v) is 12.9. The number of nitrogens with one attached hydrogen (secondary N) is 1. The fourth-order valence-electron chi connectivity index (χ4n) is 2.21. The summed E-state index contributed by atoms with van der Waals surface area (Å²) in [5.74, 6) is 0.420. The van der Waals surface area contributed by atoms with Gasteiger partial charge >= 0.3 is 6.03 Å². The number of nitrogens with zero attached hydrogens (tertiary/aromatic N) is 4. The molecule has 1 unspecified atom stereocenters. The van der Waals surface area contributed by atoms with Crippen molar-refractivity contribution >= 4 is 34.9 Å². The minimum absolute atomic E-state index is 0.272. The van der Waals surface area contributed by atoms with E-state index in [-0.39, 0.29) is 6.03 Å². The molecule has 2 N–H and O–H groups in total. The maximum absolute atomic E-state index is 12.0. The maximum atomic E-state index is 12.0. The summed E-state index contributed by atoms with van der Waals surface area (Å²) >= 11 is 11.9. The number of carbonyl (C=O) groups is 1. The Morgan fingerprint density at radius 1 is 1.41 bits per heavy atom. The van der Waals surface area contributed by atoms with Crippen molar-refractivity contribution in [1.29, 1.82) is 0 Å². The lowest BCUT2D eigenvalue weighted by atomic mass is 10.3. The molecule has 7 nitrogen and oxygen atoms in total. The highest BCUT2D eigenvalue weighted by atomic mass is 35.5. The van der Waals surface area contributed by atoms with Crippen LogP contribution in [0, 0.1) is 0 Å². The van der Waals surface area contributed by atoms with Crippen LogP contribution in [-0.2, 0) is 0 Å². The summed E-state index contributed by atoms with van der Waals surface area (Å²) < 4.78 is 1.45. The van der Waals surface area contributed by atoms with Crippen molar-refractivity contribution in [2.45, 2.75) is 12.5 Å². The van der Waals surface area contributed by atoms with E-state index in [1.54, 1.807) is 17.2 Å². The Kier molecular flexibility index (Phi) is 4.19. The third-order valence-electron chi connectivity index (χ3n) is 3.29. The number of hydrogen-bond donors (Lipinski definition) is 2. The van der Waals surface area contributed by atoms with Gasteiger partial charge in [-0.15, -0.1) is 0 Å². The molecule has 2 aromatic heterocycles. The number of pyridine rings is 1. The zero-order valence-electron chi connectivity index (χ0n) is 11.4. The highest BCUT2D eigenvalue weighted by molar-refractivity contribution is 6.35. The van der Waals surface area contributed by atoms with Crippen molar-refractivity contribution in [2.75, 3.05) is 18.4 Å². The first-order valence-corrected chi connectivity index (χ1v) is 7.38. The van der Waals surface area contributed by atoms with E-state index in [0.717, 1.165) is 0 Å². The van der Waals surface area contributed by atoms with E-state index in [1.165, 1.54) is 17.1 Å². The van der Waals surface area contributed by atoms with Crippen molar-refractivity contribution in [3.63, 3.8) is 0 Å². The van der Waals surface area contributed by atoms with E-state index in [9.17, 15) is 9.90 Å². The van der Waals surface area contributed by atoms with E-state index in [2.05, 4.69) is 15.4 Å². The van der Waals surface area contributed by atoms with E-state index in [4.69, 9.17) is 23.2 Å². The second-order valence-corrected chi connectivity index (χ2v) is 5.79. The molecule has 22 heavy (non-hydrogen) atoms. The lowest BCUT2D eigenvalue weighted by molar-refractivity contribution is 0.176. The molecule has 1 fully saturated rings. The summed E-state index contributed by atoms with van der Waals surface area (Å²) in [4.78, 5) is 17.7. The monoisotopic (exact) mass is 341 g/mol. The van der Waals surface area contributed by atoms with Gasteiger partial charge in [-0.2, -0.15) is 5.10 Å². The Morgan fingerprint density at radius 2 is 2.23 bits per heavy atom. The molecule has 2 aromatic rings. The highest BCUT2D eigenvalue weighted by Crippen LogP contribution is 2.22. The number of aromatic nitrogens is 3. The molecule has 1 aliphatic heterocycles. The van der Waals surface area contributed by atoms with Gasteiger partial charge in [0.1, 0.15) is 0 Å². The molecular weight excluding hydrogens is 329 g/mol. The van der Waals surface area contributed by atoms with Crippen molar-refractivity contribution in [1.82, 2.24) is 19.7 Å². The summed E-state index contributed by atoms with van der Waals surface area (Å²) in [5.41, 5.74) is 0.513. The van der Waals surface area contributed by atoms with Gasteiger partial charge in [-0.1, -0.05) is 23.2 Å². The summed E-state index contributed by atoms with van der Waals surface area (Å²) in [7, 11) is 0. The Morgan fingerprint density at radius 3 is 2.91 bits per heavy atom. The summed E-state index contributed by atoms with van der Waals surface area (Å²) in [6.45, 7) is 0.871. The molecule has 1 atom stereocenters. The molecule has 0 radical (unpaired) electrons. The quantitative estimate of drug-likeness (QED) is 0.876. The lowest BCUT2D eigenvalue weighted by Gasteiger charge is -2.15. The molecule has 2 amide bonds. The highest BCUT2D eigenvalue weighted by Gasteiger charge is 2.24. The van der Waals surface area contributed by atoms with Crippen LogP contribution in [0.5, 0.6) is 0 Å². The summed E-state index contributed by atoms with van der Waals surface area (Å²) in [5, 5.41) is 17.1. The molecule has 0 saturated carbocycles. The first kappa shape index (κ1) is 15.1. The average Bonchev–Trinajstić information content (AvgIpc) is 3.08. The van der Waals surface area contributed by atoms with Crippen molar-refractivity contribution < 1.29 is 9.90 Å². The van der Waals surface area contributed by atoms with Crippen molar-refractivity contribution in [3.05, 3.63) is 34.7 Å². The van der Waals surface area contributed by atoms with E-state index in [1.807, 2.05) is 0 Å². The van der Waals surface area contributed by atoms with Crippen molar-refractivity contribution in [3.8, 4) is 5.82 Å². The molecule has 9 heteroatoms. The largest absolute Gasteiger partial charge is 0.391 e. The number of hydrogen-bond acceptors (Lipinski definition) is 4. The smallest absolute Gasteiger partial charge is 0.322 e. The molecule has 1 aliphatic rings. The molecule has 0 aliphatic carbocycles. The average molecular weight is 342 g/mol. The van der Waals surface area contributed by atoms with Crippen LogP contribution in [0.15, 0.2) is 24.7 Å². The molecule has 116 valence electrons. The van der Waals surface area contributed by atoms with Gasteiger partial charge < -0.3 is 15.3 Å². The van der Waals surface area contributed by atoms with Crippen LogP contribution < -0.4 is 5.32 Å². The summed E-state index contributed by atoms with van der Waals surface area (Å²) in [6, 6.07) is 1.29. The number of anilines is 1. The van der Waals surface area contributed by atoms with Gasteiger partial charge in [0.15, 0.2) is 5.82 Å². The second-order valence-electron chi connectivity index (χ2n) is 4.95. The number of carbonyl (C=O) groups excluding carboxylic acids is 1. The predicted molar refractivity (Wildman–Crippen MR) is 82.6 cm³/mol. The van der Waals surface area contributed by atoms with Crippen LogP contribution in [0.25, 0.3) is 5.82 Å². The van der Waals surface area contributed by atoms with Gasteiger partial charge in [0.25, 0.3) is 0 Å².